The zero-order chi connectivity index (χ0) is 22.1. The molecule has 0 bridgehead atoms. The lowest BCUT2D eigenvalue weighted by Gasteiger charge is -2.10. The molecule has 0 unspecified atom stereocenters. The fourth-order valence-electron chi connectivity index (χ4n) is 2.55. The van der Waals surface area contributed by atoms with Gasteiger partial charge >= 0.3 is 0 Å². The largest absolute Gasteiger partial charge is 0.484 e. The average molecular weight is 421 g/mol. The van der Waals surface area contributed by atoms with E-state index >= 15 is 0 Å². The third-order valence-electron chi connectivity index (χ3n) is 3.96. The van der Waals surface area contributed by atoms with Crippen molar-refractivity contribution in [3.8, 4) is 11.5 Å². The number of ether oxygens (including phenoxy) is 2. The summed E-state index contributed by atoms with van der Waals surface area (Å²) in [7, 11) is 0. The second-order valence-corrected chi connectivity index (χ2v) is 6.32. The molecule has 9 heteroatoms. The number of nitro benzene ring substituents is 1. The summed E-state index contributed by atoms with van der Waals surface area (Å²) in [4.78, 5) is 34.3. The number of non-ortho nitro benzene ring substituents is 1. The predicted molar refractivity (Wildman–Crippen MR) is 114 cm³/mol. The molecule has 31 heavy (non-hydrogen) atoms. The highest BCUT2D eigenvalue weighted by Crippen LogP contribution is 2.18. The highest BCUT2D eigenvalue weighted by molar-refractivity contribution is 5.95. The highest BCUT2D eigenvalue weighted by atomic mass is 16.6. The Balaban J connectivity index is 1.47. The Hall–Kier alpha value is -4.40. The average Bonchev–Trinajstić information content (AvgIpc) is 2.77. The standard InChI is InChI=1S/C22H19N3O6/c26-21(14-30-19-7-2-1-3-8-19)23-16-5-4-6-17(13-16)24-22(27)15-31-20-11-9-18(10-12-20)25(28)29/h1-13H,14-15H2,(H,23,26)(H,24,27). The lowest BCUT2D eigenvalue weighted by Crippen LogP contribution is -2.21. The van der Waals surface area contributed by atoms with E-state index in [-0.39, 0.29) is 24.8 Å². The molecule has 0 aliphatic carbocycles. The van der Waals surface area contributed by atoms with Gasteiger partial charge in [0.1, 0.15) is 11.5 Å². The maximum absolute atomic E-state index is 12.1. The topological polar surface area (TPSA) is 120 Å². The lowest BCUT2D eigenvalue weighted by molar-refractivity contribution is -0.384. The number of hydrogen-bond donors (Lipinski definition) is 2. The number of anilines is 2. The molecule has 0 aliphatic heterocycles. The number of nitrogens with zero attached hydrogens (tertiary/aromatic N) is 1. The van der Waals surface area contributed by atoms with Gasteiger partial charge < -0.3 is 20.1 Å². The van der Waals surface area contributed by atoms with Crippen molar-refractivity contribution >= 4 is 28.9 Å². The molecule has 9 nitrogen and oxygen atoms in total. The van der Waals surface area contributed by atoms with E-state index in [1.165, 1.54) is 24.3 Å². The molecular formula is C22H19N3O6. The van der Waals surface area contributed by atoms with E-state index in [9.17, 15) is 19.7 Å². The summed E-state index contributed by atoms with van der Waals surface area (Å²) in [5.74, 6) is 0.162. The number of para-hydroxylation sites is 1. The SMILES string of the molecule is O=C(COc1ccccc1)Nc1cccc(NC(=O)COc2ccc([N+](=O)[O-])cc2)c1. The number of rotatable bonds is 9. The number of nitro groups is 1. The van der Waals surface area contributed by atoms with Crippen molar-refractivity contribution in [2.45, 2.75) is 0 Å². The summed E-state index contributed by atoms with van der Waals surface area (Å²) in [6.07, 6.45) is 0. The maximum atomic E-state index is 12.1. The van der Waals surface area contributed by atoms with Gasteiger partial charge in [0.15, 0.2) is 13.2 Å². The van der Waals surface area contributed by atoms with Crippen molar-refractivity contribution in [3.63, 3.8) is 0 Å². The Morgan fingerprint density at radius 3 is 1.77 bits per heavy atom. The van der Waals surface area contributed by atoms with Crippen LogP contribution in [0.15, 0.2) is 78.9 Å². The van der Waals surface area contributed by atoms with Gasteiger partial charge in [0.2, 0.25) is 0 Å². The fraction of sp³-hybridized carbons (Fsp3) is 0.0909. The molecule has 0 aliphatic rings. The molecule has 158 valence electrons. The van der Waals surface area contributed by atoms with Crippen molar-refractivity contribution in [1.82, 2.24) is 0 Å². The van der Waals surface area contributed by atoms with E-state index in [1.54, 1.807) is 36.4 Å². The van der Waals surface area contributed by atoms with Crippen molar-refractivity contribution in [1.29, 1.82) is 0 Å². The zero-order valence-corrected chi connectivity index (χ0v) is 16.3. The number of carbonyl (C=O) groups excluding carboxylic acids is 2. The van der Waals surface area contributed by atoms with Crippen LogP contribution < -0.4 is 20.1 Å². The summed E-state index contributed by atoms with van der Waals surface area (Å²) in [6, 6.07) is 21.0. The molecule has 0 spiro atoms. The Bertz CT molecular complexity index is 1050. The van der Waals surface area contributed by atoms with E-state index in [1.807, 2.05) is 18.2 Å². The molecule has 2 N–H and O–H groups in total. The molecule has 0 atom stereocenters. The summed E-state index contributed by atoms with van der Waals surface area (Å²) in [5, 5.41) is 16.0. The lowest BCUT2D eigenvalue weighted by atomic mass is 10.2. The minimum Gasteiger partial charge on any atom is -0.484 e. The van der Waals surface area contributed by atoms with Gasteiger partial charge in [-0.1, -0.05) is 24.3 Å². The normalized spacial score (nSPS) is 10.1. The van der Waals surface area contributed by atoms with Crippen LogP contribution in [-0.4, -0.2) is 30.0 Å². The Morgan fingerprint density at radius 2 is 1.26 bits per heavy atom. The minimum atomic E-state index is -0.518. The summed E-state index contributed by atoms with van der Waals surface area (Å²) in [6.45, 7) is -0.428. The van der Waals surface area contributed by atoms with Crippen LogP contribution in [0.2, 0.25) is 0 Å². The van der Waals surface area contributed by atoms with Gasteiger partial charge in [0.05, 0.1) is 4.92 Å². The number of hydrogen-bond acceptors (Lipinski definition) is 6. The summed E-state index contributed by atoms with van der Waals surface area (Å²) < 4.78 is 10.7. The fourth-order valence-corrected chi connectivity index (χ4v) is 2.55. The van der Waals surface area contributed by atoms with E-state index in [0.717, 1.165) is 0 Å². The molecule has 0 heterocycles. The van der Waals surface area contributed by atoms with Crippen LogP contribution in [0.5, 0.6) is 11.5 Å². The first-order valence-corrected chi connectivity index (χ1v) is 9.24. The smallest absolute Gasteiger partial charge is 0.269 e. The third kappa shape index (κ3) is 6.86. The molecule has 0 saturated heterocycles. The maximum Gasteiger partial charge on any atom is 0.269 e. The Kier molecular flexibility index (Phi) is 7.15. The van der Waals surface area contributed by atoms with Gasteiger partial charge in [0.25, 0.3) is 17.5 Å². The van der Waals surface area contributed by atoms with Crippen molar-refractivity contribution in [3.05, 3.63) is 89.0 Å². The molecule has 0 aromatic heterocycles. The van der Waals surface area contributed by atoms with Crippen LogP contribution in [0.3, 0.4) is 0 Å². The summed E-state index contributed by atoms with van der Waals surface area (Å²) >= 11 is 0. The van der Waals surface area contributed by atoms with Crippen LogP contribution in [0.25, 0.3) is 0 Å². The molecule has 3 aromatic rings. The highest BCUT2D eigenvalue weighted by Gasteiger charge is 2.08. The molecule has 0 radical (unpaired) electrons. The van der Waals surface area contributed by atoms with Crippen molar-refractivity contribution in [2.75, 3.05) is 23.8 Å². The van der Waals surface area contributed by atoms with Crippen LogP contribution in [0.1, 0.15) is 0 Å². The van der Waals surface area contributed by atoms with Gasteiger partial charge in [-0.15, -0.1) is 0 Å². The van der Waals surface area contributed by atoms with E-state index in [4.69, 9.17) is 9.47 Å². The quantitative estimate of drug-likeness (QED) is 0.402. The second-order valence-electron chi connectivity index (χ2n) is 6.32. The first-order valence-electron chi connectivity index (χ1n) is 9.24. The van der Waals surface area contributed by atoms with Crippen LogP contribution in [-0.2, 0) is 9.59 Å². The Morgan fingerprint density at radius 1 is 0.742 bits per heavy atom. The molecule has 2 amide bonds. The van der Waals surface area contributed by atoms with Gasteiger partial charge in [0, 0.05) is 23.5 Å². The number of benzene rings is 3. The minimum absolute atomic E-state index is 0.0650. The van der Waals surface area contributed by atoms with Crippen LogP contribution in [0, 0.1) is 10.1 Å². The first-order chi connectivity index (χ1) is 15.0. The molecule has 0 saturated carbocycles. The van der Waals surface area contributed by atoms with Gasteiger partial charge in [-0.25, -0.2) is 0 Å². The molecular weight excluding hydrogens is 402 g/mol. The van der Waals surface area contributed by atoms with E-state index in [0.29, 0.717) is 22.9 Å². The number of carbonyl (C=O) groups is 2. The molecule has 0 fully saturated rings. The van der Waals surface area contributed by atoms with Crippen molar-refractivity contribution in [2.24, 2.45) is 0 Å². The third-order valence-corrected chi connectivity index (χ3v) is 3.96. The Labute approximate surface area is 177 Å². The van der Waals surface area contributed by atoms with E-state index < -0.39 is 10.8 Å². The zero-order valence-electron chi connectivity index (χ0n) is 16.3. The molecule has 3 rings (SSSR count). The van der Waals surface area contributed by atoms with Crippen LogP contribution in [0.4, 0.5) is 17.1 Å². The van der Waals surface area contributed by atoms with E-state index in [2.05, 4.69) is 10.6 Å². The van der Waals surface area contributed by atoms with Gasteiger partial charge in [-0.2, -0.15) is 0 Å². The summed E-state index contributed by atoms with van der Waals surface area (Å²) in [5.41, 5.74) is 0.902. The predicted octanol–water partition coefficient (Wildman–Crippen LogP) is 3.63. The van der Waals surface area contributed by atoms with Gasteiger partial charge in [-0.05, 0) is 42.5 Å². The van der Waals surface area contributed by atoms with Crippen LogP contribution >= 0.6 is 0 Å². The van der Waals surface area contributed by atoms with Gasteiger partial charge in [-0.3, -0.25) is 19.7 Å². The monoisotopic (exact) mass is 421 g/mol. The second kappa shape index (κ2) is 10.4. The molecule has 3 aromatic carbocycles. The first kappa shape index (κ1) is 21.3. The van der Waals surface area contributed by atoms with Crippen molar-refractivity contribution < 1.29 is 24.0 Å². The number of nitrogens with one attached hydrogen (secondary N) is 2. The number of amides is 2.